The van der Waals surface area contributed by atoms with Gasteiger partial charge in [-0.2, -0.15) is 9.37 Å². The van der Waals surface area contributed by atoms with Crippen molar-refractivity contribution in [1.82, 2.24) is 9.97 Å². The van der Waals surface area contributed by atoms with Gasteiger partial charge < -0.3 is 9.47 Å². The number of ether oxygens (including phenoxy) is 2. The number of rotatable bonds is 2. The molecule has 0 fully saturated rings. The number of esters is 1. The van der Waals surface area contributed by atoms with Crippen molar-refractivity contribution >= 4 is 5.97 Å². The lowest BCUT2D eigenvalue weighted by molar-refractivity contribution is 0.0595. The molecule has 1 aromatic rings. The number of nitrogens with zero attached hydrogens (tertiary/aromatic N) is 2. The lowest BCUT2D eigenvalue weighted by atomic mass is 10.3. The average molecular weight is 186 g/mol. The number of aromatic nitrogens is 2. The third-order valence-electron chi connectivity index (χ3n) is 1.32. The summed E-state index contributed by atoms with van der Waals surface area (Å²) in [6.07, 6.45) is 0.0528. The van der Waals surface area contributed by atoms with Crippen LogP contribution in [0, 0.1) is 6.08 Å². The second kappa shape index (κ2) is 3.79. The summed E-state index contributed by atoms with van der Waals surface area (Å²) in [6.45, 7) is 0. The number of hydrogen-bond donors (Lipinski definition) is 0. The highest BCUT2D eigenvalue weighted by molar-refractivity contribution is 5.91. The first-order valence-electron chi connectivity index (χ1n) is 3.34. The monoisotopic (exact) mass is 186 g/mol. The molecule has 0 spiro atoms. The first-order valence-corrected chi connectivity index (χ1v) is 3.34. The highest BCUT2D eigenvalue weighted by Crippen LogP contribution is 2.13. The lowest BCUT2D eigenvalue weighted by Crippen LogP contribution is -2.07. The summed E-state index contributed by atoms with van der Waals surface area (Å²) >= 11 is 0. The number of halogens is 1. The summed E-state index contributed by atoms with van der Waals surface area (Å²) in [6, 6.07) is 0. The van der Waals surface area contributed by atoms with Crippen LogP contribution in [0.1, 0.15) is 10.4 Å². The number of methoxy groups -OCH3 is 2. The molecule has 0 N–H and O–H groups in total. The zero-order valence-electron chi connectivity index (χ0n) is 7.07. The predicted molar refractivity (Wildman–Crippen MR) is 39.9 cm³/mol. The molecule has 13 heavy (non-hydrogen) atoms. The molecule has 0 aromatic carbocycles. The van der Waals surface area contributed by atoms with Crippen molar-refractivity contribution in [2.45, 2.75) is 0 Å². The average Bonchev–Trinajstić information content (AvgIpc) is 2.16. The third-order valence-corrected chi connectivity index (χ3v) is 1.32. The zero-order chi connectivity index (χ0) is 9.84. The SMILES string of the molecule is COC(=O)c1cnc(F)nc1OC. The van der Waals surface area contributed by atoms with Crippen LogP contribution in [0.4, 0.5) is 4.39 Å². The van der Waals surface area contributed by atoms with Gasteiger partial charge in [-0.25, -0.2) is 9.78 Å². The van der Waals surface area contributed by atoms with Gasteiger partial charge in [-0.3, -0.25) is 0 Å². The van der Waals surface area contributed by atoms with Gasteiger partial charge >= 0.3 is 12.0 Å². The standard InChI is InChI=1S/C7H7FN2O3/c1-12-5-4(6(11)13-2)3-9-7(8)10-5/h3H,1-2H3. The van der Waals surface area contributed by atoms with Crippen LogP contribution in [0.2, 0.25) is 0 Å². The van der Waals surface area contributed by atoms with Crippen LogP contribution in [0.3, 0.4) is 0 Å². The quantitative estimate of drug-likeness (QED) is 0.494. The van der Waals surface area contributed by atoms with Crippen LogP contribution in [0.5, 0.6) is 5.88 Å². The molecular weight excluding hydrogens is 179 g/mol. The number of carbonyl (C=O) groups excluding carboxylic acids is 1. The fourth-order valence-corrected chi connectivity index (χ4v) is 0.751. The van der Waals surface area contributed by atoms with Crippen LogP contribution in [-0.4, -0.2) is 30.2 Å². The Hall–Kier alpha value is -1.72. The van der Waals surface area contributed by atoms with E-state index >= 15 is 0 Å². The van der Waals surface area contributed by atoms with Crippen molar-refractivity contribution in [3.63, 3.8) is 0 Å². The molecule has 0 atom stereocenters. The van der Waals surface area contributed by atoms with Gasteiger partial charge in [0.25, 0.3) is 0 Å². The molecule has 5 nitrogen and oxygen atoms in total. The molecule has 6 heteroatoms. The van der Waals surface area contributed by atoms with Crippen molar-refractivity contribution in [2.24, 2.45) is 0 Å². The van der Waals surface area contributed by atoms with Crippen LogP contribution < -0.4 is 4.74 Å². The maximum absolute atomic E-state index is 12.4. The van der Waals surface area contributed by atoms with Gasteiger partial charge in [0, 0.05) is 0 Å². The molecule has 1 heterocycles. The highest BCUT2D eigenvalue weighted by atomic mass is 19.1. The molecule has 0 saturated heterocycles. The number of carbonyl (C=O) groups is 1. The van der Waals surface area contributed by atoms with E-state index in [2.05, 4.69) is 19.4 Å². The second-order valence-corrected chi connectivity index (χ2v) is 2.05. The highest BCUT2D eigenvalue weighted by Gasteiger charge is 2.15. The van der Waals surface area contributed by atoms with E-state index in [0.29, 0.717) is 0 Å². The van der Waals surface area contributed by atoms with E-state index in [1.54, 1.807) is 0 Å². The van der Waals surface area contributed by atoms with E-state index in [1.165, 1.54) is 14.2 Å². The van der Waals surface area contributed by atoms with Crippen LogP contribution in [0.25, 0.3) is 0 Å². The molecule has 0 aliphatic heterocycles. The van der Waals surface area contributed by atoms with E-state index in [-0.39, 0.29) is 11.4 Å². The van der Waals surface area contributed by atoms with E-state index < -0.39 is 12.0 Å². The number of hydrogen-bond acceptors (Lipinski definition) is 5. The topological polar surface area (TPSA) is 61.3 Å². The molecule has 0 amide bonds. The smallest absolute Gasteiger partial charge is 0.344 e. The molecule has 70 valence electrons. The van der Waals surface area contributed by atoms with Crippen LogP contribution in [0.15, 0.2) is 6.20 Å². The first kappa shape index (κ1) is 9.37. The van der Waals surface area contributed by atoms with Crippen molar-refractivity contribution in [1.29, 1.82) is 0 Å². The Balaban J connectivity index is 3.13. The molecule has 1 aromatic heterocycles. The van der Waals surface area contributed by atoms with Crippen molar-refractivity contribution < 1.29 is 18.7 Å². The molecule has 0 aliphatic carbocycles. The predicted octanol–water partition coefficient (Wildman–Crippen LogP) is 0.411. The van der Waals surface area contributed by atoms with Gasteiger partial charge in [-0.05, 0) is 0 Å². The fourth-order valence-electron chi connectivity index (χ4n) is 0.751. The van der Waals surface area contributed by atoms with Crippen molar-refractivity contribution in [2.75, 3.05) is 14.2 Å². The van der Waals surface area contributed by atoms with Crippen molar-refractivity contribution in [3.8, 4) is 5.88 Å². The third kappa shape index (κ3) is 1.90. The Kier molecular flexibility index (Phi) is 2.73. The summed E-state index contributed by atoms with van der Waals surface area (Å²) in [5.74, 6) is -0.809. The first-order chi connectivity index (χ1) is 6.19. The molecular formula is C7H7FN2O3. The fraction of sp³-hybridized carbons (Fsp3) is 0.286. The molecule has 0 bridgehead atoms. The minimum atomic E-state index is -0.954. The van der Waals surface area contributed by atoms with E-state index in [1.807, 2.05) is 0 Å². The molecule has 0 aliphatic rings. The maximum atomic E-state index is 12.4. The Morgan fingerprint density at radius 2 is 2.23 bits per heavy atom. The van der Waals surface area contributed by atoms with Gasteiger partial charge in [-0.1, -0.05) is 0 Å². The normalized spacial score (nSPS) is 9.46. The van der Waals surface area contributed by atoms with Gasteiger partial charge in [0.2, 0.25) is 5.88 Å². The van der Waals surface area contributed by atoms with E-state index in [0.717, 1.165) is 6.20 Å². The summed E-state index contributed by atoms with van der Waals surface area (Å²) in [7, 11) is 2.47. The Bertz CT molecular complexity index is 330. The van der Waals surface area contributed by atoms with Gasteiger partial charge in [0.05, 0.1) is 20.4 Å². The second-order valence-electron chi connectivity index (χ2n) is 2.05. The summed E-state index contributed by atoms with van der Waals surface area (Å²) < 4.78 is 21.5. The summed E-state index contributed by atoms with van der Waals surface area (Å²) in [4.78, 5) is 17.5. The summed E-state index contributed by atoms with van der Waals surface area (Å²) in [5, 5.41) is 0. The molecule has 0 radical (unpaired) electrons. The zero-order valence-corrected chi connectivity index (χ0v) is 7.07. The Morgan fingerprint density at radius 3 is 2.77 bits per heavy atom. The molecule has 0 saturated carbocycles. The van der Waals surface area contributed by atoms with Gasteiger partial charge in [0.15, 0.2) is 0 Å². The van der Waals surface area contributed by atoms with Crippen LogP contribution >= 0.6 is 0 Å². The van der Waals surface area contributed by atoms with E-state index in [4.69, 9.17) is 0 Å². The Labute approximate surface area is 73.5 Å². The molecule has 0 unspecified atom stereocenters. The summed E-state index contributed by atoms with van der Waals surface area (Å²) in [5.41, 5.74) is -0.00796. The van der Waals surface area contributed by atoms with E-state index in [9.17, 15) is 9.18 Å². The van der Waals surface area contributed by atoms with Crippen molar-refractivity contribution in [3.05, 3.63) is 17.8 Å². The largest absolute Gasteiger partial charge is 0.480 e. The van der Waals surface area contributed by atoms with Crippen LogP contribution in [-0.2, 0) is 4.74 Å². The lowest BCUT2D eigenvalue weighted by Gasteiger charge is -2.03. The Morgan fingerprint density at radius 1 is 1.54 bits per heavy atom. The minimum Gasteiger partial charge on any atom is -0.480 e. The minimum absolute atomic E-state index is 0.00796. The van der Waals surface area contributed by atoms with Gasteiger partial charge in [-0.15, -0.1) is 0 Å². The maximum Gasteiger partial charge on any atom is 0.344 e. The molecule has 1 rings (SSSR count). The van der Waals surface area contributed by atoms with Gasteiger partial charge in [0.1, 0.15) is 5.56 Å².